The standard InChI is InChI=1S/C21H18ClN3O5S/c22-12-3-7-16-14(10-12)23-21(29)17(30-16)11-19(26)24-25-13(5-8-20(27)28)4-6-15(25)18-2-1-9-31-18/h1-4,6-7,9-10,17H,5,8,11H2,(H,23,29)(H,24,26)(H,27,28)/t17-/m1/s1. The lowest BCUT2D eigenvalue weighted by Gasteiger charge is -2.26. The fourth-order valence-electron chi connectivity index (χ4n) is 3.25. The van der Waals surface area contributed by atoms with Crippen LogP contribution >= 0.6 is 22.9 Å². The van der Waals surface area contributed by atoms with E-state index in [9.17, 15) is 14.4 Å². The highest BCUT2D eigenvalue weighted by Gasteiger charge is 2.30. The predicted octanol–water partition coefficient (Wildman–Crippen LogP) is 3.75. The SMILES string of the molecule is O=C(O)CCc1ccc(-c2cccs2)n1NC(=O)C[C@H]1Oc2ccc(Cl)cc2NC1=O. The number of hydrogen-bond donors (Lipinski definition) is 3. The number of thiophene rings is 1. The molecule has 3 N–H and O–H groups in total. The summed E-state index contributed by atoms with van der Waals surface area (Å²) in [5.74, 6) is -1.38. The maximum Gasteiger partial charge on any atom is 0.303 e. The first kappa shape index (κ1) is 21.0. The van der Waals surface area contributed by atoms with E-state index in [0.717, 1.165) is 10.6 Å². The van der Waals surface area contributed by atoms with Gasteiger partial charge in [0, 0.05) is 17.1 Å². The van der Waals surface area contributed by atoms with Crippen molar-refractivity contribution in [3.8, 4) is 16.3 Å². The van der Waals surface area contributed by atoms with Gasteiger partial charge in [-0.25, -0.2) is 0 Å². The van der Waals surface area contributed by atoms with Gasteiger partial charge < -0.3 is 15.2 Å². The van der Waals surface area contributed by atoms with Crippen molar-refractivity contribution in [1.29, 1.82) is 0 Å². The summed E-state index contributed by atoms with van der Waals surface area (Å²) in [7, 11) is 0. The summed E-state index contributed by atoms with van der Waals surface area (Å²) in [5.41, 5.74) is 4.62. The number of aliphatic carboxylic acids is 1. The van der Waals surface area contributed by atoms with Crippen molar-refractivity contribution in [3.63, 3.8) is 0 Å². The third kappa shape index (κ3) is 4.73. The van der Waals surface area contributed by atoms with Gasteiger partial charge in [-0.15, -0.1) is 11.3 Å². The molecule has 10 heteroatoms. The molecule has 1 aromatic carbocycles. The summed E-state index contributed by atoms with van der Waals surface area (Å²) in [4.78, 5) is 37.1. The summed E-state index contributed by atoms with van der Waals surface area (Å²) in [6.45, 7) is 0. The molecule has 3 heterocycles. The molecule has 1 aliphatic heterocycles. The van der Waals surface area contributed by atoms with Crippen LogP contribution in [0.1, 0.15) is 18.5 Å². The number of ether oxygens (including phenoxy) is 1. The summed E-state index contributed by atoms with van der Waals surface area (Å²) in [5, 5.41) is 14.1. The van der Waals surface area contributed by atoms with E-state index in [1.165, 1.54) is 11.3 Å². The number of amides is 2. The fourth-order valence-corrected chi connectivity index (χ4v) is 4.17. The molecule has 31 heavy (non-hydrogen) atoms. The molecular weight excluding hydrogens is 442 g/mol. The molecule has 3 aromatic rings. The topological polar surface area (TPSA) is 110 Å². The van der Waals surface area contributed by atoms with Gasteiger partial charge in [-0.2, -0.15) is 0 Å². The fraction of sp³-hybridized carbons (Fsp3) is 0.190. The number of nitrogens with zero attached hydrogens (tertiary/aromatic N) is 1. The molecule has 2 amide bonds. The van der Waals surface area contributed by atoms with Gasteiger partial charge in [-0.1, -0.05) is 17.7 Å². The zero-order valence-corrected chi connectivity index (χ0v) is 17.7. The van der Waals surface area contributed by atoms with Gasteiger partial charge >= 0.3 is 5.97 Å². The molecule has 1 atom stereocenters. The van der Waals surface area contributed by atoms with Gasteiger partial charge in [0.25, 0.3) is 5.91 Å². The first-order valence-corrected chi connectivity index (χ1v) is 10.7. The van der Waals surface area contributed by atoms with E-state index >= 15 is 0 Å². The van der Waals surface area contributed by atoms with Gasteiger partial charge in [-0.05, 0) is 41.8 Å². The van der Waals surface area contributed by atoms with Crippen molar-refractivity contribution >= 4 is 46.4 Å². The Bertz CT molecular complexity index is 1140. The molecule has 0 unspecified atom stereocenters. The molecule has 0 saturated heterocycles. The van der Waals surface area contributed by atoms with Crippen molar-refractivity contribution in [2.45, 2.75) is 25.4 Å². The number of carbonyl (C=O) groups excluding carboxylic acids is 2. The van der Waals surface area contributed by atoms with Crippen LogP contribution in [-0.4, -0.2) is 33.7 Å². The first-order chi connectivity index (χ1) is 14.9. The predicted molar refractivity (Wildman–Crippen MR) is 117 cm³/mol. The maximum absolute atomic E-state index is 12.8. The van der Waals surface area contributed by atoms with Crippen LogP contribution in [0.25, 0.3) is 10.6 Å². The van der Waals surface area contributed by atoms with E-state index in [1.54, 1.807) is 28.9 Å². The normalized spacial score (nSPS) is 15.0. The average molecular weight is 460 g/mol. The van der Waals surface area contributed by atoms with Gasteiger partial charge in [0.2, 0.25) is 5.91 Å². The number of benzene rings is 1. The van der Waals surface area contributed by atoms with E-state index in [0.29, 0.717) is 22.2 Å². The van der Waals surface area contributed by atoms with Gasteiger partial charge in [0.15, 0.2) is 6.10 Å². The number of carboxylic acids is 1. The van der Waals surface area contributed by atoms with Crippen LogP contribution in [0.3, 0.4) is 0 Å². The molecule has 0 radical (unpaired) electrons. The largest absolute Gasteiger partial charge is 0.481 e. The van der Waals surface area contributed by atoms with E-state index in [1.807, 2.05) is 23.6 Å². The molecule has 0 saturated carbocycles. The number of hydrogen-bond acceptors (Lipinski definition) is 5. The Balaban J connectivity index is 1.51. The van der Waals surface area contributed by atoms with Crippen molar-refractivity contribution in [3.05, 3.63) is 58.6 Å². The zero-order valence-electron chi connectivity index (χ0n) is 16.1. The average Bonchev–Trinajstić information content (AvgIpc) is 3.37. The quantitative estimate of drug-likeness (QED) is 0.498. The lowest BCUT2D eigenvalue weighted by atomic mass is 10.1. The number of carboxylic acid groups (broad SMARTS) is 1. The van der Waals surface area contributed by atoms with Gasteiger partial charge in [0.05, 0.1) is 29.1 Å². The van der Waals surface area contributed by atoms with Crippen LogP contribution in [0.2, 0.25) is 5.02 Å². The number of fused-ring (bicyclic) bond motifs is 1. The van der Waals surface area contributed by atoms with Crippen LogP contribution in [0.4, 0.5) is 5.69 Å². The third-order valence-corrected chi connectivity index (χ3v) is 5.83. The lowest BCUT2D eigenvalue weighted by Crippen LogP contribution is -2.40. The smallest absolute Gasteiger partial charge is 0.303 e. The van der Waals surface area contributed by atoms with Crippen LogP contribution in [0.15, 0.2) is 47.8 Å². The monoisotopic (exact) mass is 459 g/mol. The van der Waals surface area contributed by atoms with Crippen molar-refractivity contribution in [2.75, 3.05) is 10.7 Å². The van der Waals surface area contributed by atoms with Crippen LogP contribution < -0.4 is 15.5 Å². The molecular formula is C21H18ClN3O5S. The van der Waals surface area contributed by atoms with Crippen LogP contribution in [0.5, 0.6) is 5.75 Å². The molecule has 160 valence electrons. The second-order valence-corrected chi connectivity index (χ2v) is 8.28. The Hall–Kier alpha value is -3.30. The molecule has 2 aromatic heterocycles. The number of anilines is 1. The van der Waals surface area contributed by atoms with Crippen molar-refractivity contribution in [2.24, 2.45) is 0 Å². The Morgan fingerprint density at radius 2 is 2.10 bits per heavy atom. The number of halogens is 1. The number of carbonyl (C=O) groups is 3. The van der Waals surface area contributed by atoms with Crippen molar-refractivity contribution < 1.29 is 24.2 Å². The highest BCUT2D eigenvalue weighted by Crippen LogP contribution is 2.33. The minimum atomic E-state index is -1.00. The second kappa shape index (κ2) is 8.83. The summed E-state index contributed by atoms with van der Waals surface area (Å²) >= 11 is 7.43. The minimum absolute atomic E-state index is 0.0722. The lowest BCUT2D eigenvalue weighted by molar-refractivity contribution is -0.137. The highest BCUT2D eigenvalue weighted by atomic mass is 35.5. The van der Waals surface area contributed by atoms with E-state index in [2.05, 4.69) is 10.7 Å². The molecule has 0 aliphatic carbocycles. The molecule has 0 fully saturated rings. The molecule has 4 rings (SSSR count). The third-order valence-electron chi connectivity index (χ3n) is 4.70. The summed E-state index contributed by atoms with van der Waals surface area (Å²) in [6.07, 6.45) is -1.04. The van der Waals surface area contributed by atoms with Crippen LogP contribution in [-0.2, 0) is 20.8 Å². The summed E-state index contributed by atoms with van der Waals surface area (Å²) < 4.78 is 7.26. The van der Waals surface area contributed by atoms with Crippen molar-refractivity contribution in [1.82, 2.24) is 4.68 Å². The number of aromatic nitrogens is 1. The minimum Gasteiger partial charge on any atom is -0.481 e. The number of aryl methyl sites for hydroxylation is 1. The first-order valence-electron chi connectivity index (χ1n) is 9.44. The van der Waals surface area contributed by atoms with E-state index in [-0.39, 0.29) is 19.3 Å². The zero-order chi connectivity index (χ0) is 22.0. The molecule has 1 aliphatic rings. The Labute approximate surface area is 186 Å². The summed E-state index contributed by atoms with van der Waals surface area (Å²) in [6, 6.07) is 12.2. The van der Waals surface area contributed by atoms with Gasteiger partial charge in [0.1, 0.15) is 5.75 Å². The van der Waals surface area contributed by atoms with E-state index in [4.69, 9.17) is 21.4 Å². The highest BCUT2D eigenvalue weighted by molar-refractivity contribution is 7.13. The maximum atomic E-state index is 12.8. The number of rotatable bonds is 7. The van der Waals surface area contributed by atoms with Crippen LogP contribution in [0, 0.1) is 0 Å². The number of nitrogens with one attached hydrogen (secondary N) is 2. The Morgan fingerprint density at radius 3 is 2.84 bits per heavy atom. The van der Waals surface area contributed by atoms with Gasteiger partial charge in [-0.3, -0.25) is 24.5 Å². The molecule has 0 bridgehead atoms. The molecule has 0 spiro atoms. The van der Waals surface area contributed by atoms with E-state index < -0.39 is 23.9 Å². The Kier molecular flexibility index (Phi) is 5.97. The molecule has 8 nitrogen and oxygen atoms in total. The second-order valence-electron chi connectivity index (χ2n) is 6.89. The Morgan fingerprint density at radius 1 is 1.26 bits per heavy atom.